The van der Waals surface area contributed by atoms with Crippen LogP contribution in [-0.2, 0) is 4.74 Å². The highest BCUT2D eigenvalue weighted by Gasteiger charge is 2.24. The number of aromatic nitrogens is 2. The zero-order valence-corrected chi connectivity index (χ0v) is 16.0. The first-order valence-corrected chi connectivity index (χ1v) is 9.97. The molecule has 1 aromatic rings. The van der Waals surface area contributed by atoms with Crippen LogP contribution in [0.3, 0.4) is 0 Å². The Morgan fingerprint density at radius 2 is 1.81 bits per heavy atom. The van der Waals surface area contributed by atoms with Crippen molar-refractivity contribution in [2.45, 2.75) is 51.5 Å². The van der Waals surface area contributed by atoms with E-state index in [1.54, 1.807) is 17.9 Å². The molecule has 1 aliphatic carbocycles. The number of rotatable bonds is 4. The van der Waals surface area contributed by atoms with Crippen LogP contribution in [0, 0.1) is 0 Å². The number of amides is 2. The highest BCUT2D eigenvalue weighted by atomic mass is 16.6. The van der Waals surface area contributed by atoms with Crippen LogP contribution in [0.15, 0.2) is 12.4 Å². The summed E-state index contributed by atoms with van der Waals surface area (Å²) in [6.45, 7) is 4.64. The van der Waals surface area contributed by atoms with Gasteiger partial charge >= 0.3 is 6.09 Å². The molecule has 0 unspecified atom stereocenters. The molecule has 1 saturated carbocycles. The van der Waals surface area contributed by atoms with Gasteiger partial charge in [-0.25, -0.2) is 14.8 Å². The van der Waals surface area contributed by atoms with Gasteiger partial charge in [0.25, 0.3) is 5.91 Å². The molecule has 148 valence electrons. The Kier molecular flexibility index (Phi) is 6.84. The number of hydrogen-bond donors (Lipinski definition) is 1. The van der Waals surface area contributed by atoms with Gasteiger partial charge in [-0.1, -0.05) is 25.7 Å². The van der Waals surface area contributed by atoms with Crippen LogP contribution in [0.5, 0.6) is 0 Å². The molecule has 0 bridgehead atoms. The summed E-state index contributed by atoms with van der Waals surface area (Å²) in [6, 6.07) is 1.98. The first-order chi connectivity index (χ1) is 13.2. The Morgan fingerprint density at radius 3 is 2.48 bits per heavy atom. The van der Waals surface area contributed by atoms with Gasteiger partial charge in [-0.2, -0.15) is 0 Å². The fourth-order valence-corrected chi connectivity index (χ4v) is 3.66. The maximum Gasteiger partial charge on any atom is 0.409 e. The molecule has 1 N–H and O–H groups in total. The monoisotopic (exact) mass is 375 g/mol. The Morgan fingerprint density at radius 1 is 1.11 bits per heavy atom. The maximum absolute atomic E-state index is 12.6. The largest absolute Gasteiger partial charge is 0.450 e. The van der Waals surface area contributed by atoms with Crippen LogP contribution in [0.2, 0.25) is 0 Å². The van der Waals surface area contributed by atoms with Gasteiger partial charge in [0.05, 0.1) is 6.61 Å². The second kappa shape index (κ2) is 9.53. The van der Waals surface area contributed by atoms with Crippen molar-refractivity contribution in [3.8, 4) is 0 Å². The van der Waals surface area contributed by atoms with Crippen molar-refractivity contribution in [1.29, 1.82) is 0 Å². The molecule has 2 heterocycles. The van der Waals surface area contributed by atoms with Crippen LogP contribution >= 0.6 is 0 Å². The Hall–Kier alpha value is -2.38. The van der Waals surface area contributed by atoms with E-state index in [9.17, 15) is 9.59 Å². The summed E-state index contributed by atoms with van der Waals surface area (Å²) >= 11 is 0. The zero-order valence-electron chi connectivity index (χ0n) is 16.0. The van der Waals surface area contributed by atoms with Crippen molar-refractivity contribution in [2.75, 3.05) is 37.7 Å². The molecule has 2 amide bonds. The lowest BCUT2D eigenvalue weighted by atomic mass is 10.1. The minimum absolute atomic E-state index is 0.129. The molecule has 3 rings (SSSR count). The predicted molar refractivity (Wildman–Crippen MR) is 102 cm³/mol. The minimum Gasteiger partial charge on any atom is -0.450 e. The average Bonchev–Trinajstić information content (AvgIpc) is 2.97. The molecule has 0 spiro atoms. The first kappa shape index (κ1) is 19.4. The molecule has 8 nitrogen and oxygen atoms in total. The molecule has 0 atom stereocenters. The second-order valence-corrected chi connectivity index (χ2v) is 7.10. The Bertz CT molecular complexity index is 638. The van der Waals surface area contributed by atoms with E-state index in [1.165, 1.54) is 32.0 Å². The molecule has 27 heavy (non-hydrogen) atoms. The Balaban J connectivity index is 1.57. The maximum atomic E-state index is 12.6. The summed E-state index contributed by atoms with van der Waals surface area (Å²) in [5, 5.41) is 3.12. The van der Waals surface area contributed by atoms with Crippen molar-refractivity contribution >= 4 is 17.8 Å². The van der Waals surface area contributed by atoms with Gasteiger partial charge < -0.3 is 19.9 Å². The average molecular weight is 375 g/mol. The SMILES string of the molecule is CCOC(=O)N1CCN(c2cc(C(=O)NC3CCCCCC3)ncn2)CC1. The summed E-state index contributed by atoms with van der Waals surface area (Å²) < 4.78 is 5.04. The van der Waals surface area contributed by atoms with Gasteiger partial charge in [0.2, 0.25) is 0 Å². The molecule has 0 aromatic carbocycles. The molecular weight excluding hydrogens is 346 g/mol. The van der Waals surface area contributed by atoms with Gasteiger partial charge in [0.15, 0.2) is 0 Å². The minimum atomic E-state index is -0.275. The van der Waals surface area contributed by atoms with Gasteiger partial charge in [0, 0.05) is 38.3 Å². The number of piperazine rings is 1. The van der Waals surface area contributed by atoms with Crippen LogP contribution in [-0.4, -0.2) is 65.7 Å². The van der Waals surface area contributed by atoms with Gasteiger partial charge in [0.1, 0.15) is 17.8 Å². The Labute approximate surface area is 160 Å². The second-order valence-electron chi connectivity index (χ2n) is 7.10. The third-order valence-electron chi connectivity index (χ3n) is 5.21. The number of carbonyl (C=O) groups excluding carboxylic acids is 2. The van der Waals surface area contributed by atoms with Crippen molar-refractivity contribution in [2.24, 2.45) is 0 Å². The molecule has 8 heteroatoms. The number of hydrogen-bond acceptors (Lipinski definition) is 6. The lowest BCUT2D eigenvalue weighted by molar-refractivity contribution is 0.0928. The molecule has 2 fully saturated rings. The molecule has 1 aromatic heterocycles. The van der Waals surface area contributed by atoms with Crippen molar-refractivity contribution < 1.29 is 14.3 Å². The fraction of sp³-hybridized carbons (Fsp3) is 0.684. The number of nitrogens with one attached hydrogen (secondary N) is 1. The third kappa shape index (κ3) is 5.30. The third-order valence-corrected chi connectivity index (χ3v) is 5.21. The standard InChI is InChI=1S/C19H29N5O3/c1-2-27-19(26)24-11-9-23(10-12-24)17-13-16(20-14-21-17)18(25)22-15-7-5-3-4-6-8-15/h13-15H,2-12H2,1H3,(H,22,25). The van der Waals surface area contributed by atoms with Crippen molar-refractivity contribution in [3.05, 3.63) is 18.1 Å². The van der Waals surface area contributed by atoms with E-state index in [2.05, 4.69) is 20.2 Å². The van der Waals surface area contributed by atoms with Crippen LogP contribution in [0.1, 0.15) is 55.9 Å². The number of ether oxygens (including phenoxy) is 1. The van der Waals surface area contributed by atoms with Crippen LogP contribution in [0.4, 0.5) is 10.6 Å². The molecular formula is C19H29N5O3. The summed E-state index contributed by atoms with van der Waals surface area (Å²) in [7, 11) is 0. The summed E-state index contributed by atoms with van der Waals surface area (Å²) in [5.74, 6) is 0.593. The zero-order chi connectivity index (χ0) is 19.1. The van der Waals surface area contributed by atoms with E-state index in [-0.39, 0.29) is 18.0 Å². The molecule has 2 aliphatic rings. The highest BCUT2D eigenvalue weighted by Crippen LogP contribution is 2.18. The lowest BCUT2D eigenvalue weighted by Gasteiger charge is -2.34. The van der Waals surface area contributed by atoms with E-state index in [0.717, 1.165) is 18.7 Å². The number of anilines is 1. The van der Waals surface area contributed by atoms with Crippen molar-refractivity contribution in [1.82, 2.24) is 20.2 Å². The first-order valence-electron chi connectivity index (χ1n) is 9.97. The van der Waals surface area contributed by atoms with E-state index >= 15 is 0 Å². The van der Waals surface area contributed by atoms with E-state index in [1.807, 2.05) is 0 Å². The predicted octanol–water partition coefficient (Wildman–Crippen LogP) is 2.21. The molecule has 0 radical (unpaired) electrons. The van der Waals surface area contributed by atoms with Crippen molar-refractivity contribution in [3.63, 3.8) is 0 Å². The highest BCUT2D eigenvalue weighted by molar-refractivity contribution is 5.93. The summed E-state index contributed by atoms with van der Waals surface area (Å²) in [6.07, 6.45) is 8.09. The van der Waals surface area contributed by atoms with Gasteiger partial charge in [-0.15, -0.1) is 0 Å². The quantitative estimate of drug-likeness (QED) is 0.812. The van der Waals surface area contributed by atoms with Crippen LogP contribution < -0.4 is 10.2 Å². The van der Waals surface area contributed by atoms with E-state index in [0.29, 0.717) is 38.5 Å². The summed E-state index contributed by atoms with van der Waals surface area (Å²) in [4.78, 5) is 36.6. The summed E-state index contributed by atoms with van der Waals surface area (Å²) in [5.41, 5.74) is 0.400. The molecule has 1 saturated heterocycles. The lowest BCUT2D eigenvalue weighted by Crippen LogP contribution is -2.49. The topological polar surface area (TPSA) is 87.7 Å². The van der Waals surface area contributed by atoms with Gasteiger partial charge in [-0.05, 0) is 19.8 Å². The van der Waals surface area contributed by atoms with Gasteiger partial charge in [-0.3, -0.25) is 4.79 Å². The van der Waals surface area contributed by atoms with E-state index in [4.69, 9.17) is 4.74 Å². The smallest absolute Gasteiger partial charge is 0.409 e. The van der Waals surface area contributed by atoms with Crippen LogP contribution in [0.25, 0.3) is 0 Å². The normalized spacial score (nSPS) is 18.7. The van der Waals surface area contributed by atoms with E-state index < -0.39 is 0 Å². The fourth-order valence-electron chi connectivity index (χ4n) is 3.66. The number of carbonyl (C=O) groups is 2. The molecule has 1 aliphatic heterocycles. The number of nitrogens with zero attached hydrogens (tertiary/aromatic N) is 4.